The van der Waals surface area contributed by atoms with Gasteiger partial charge in [0.2, 0.25) is 0 Å². The molecular weight excluding hydrogens is 378 g/mol. The largest absolute Gasteiger partial charge is 0.436 e. The van der Waals surface area contributed by atoms with Gasteiger partial charge in [0.25, 0.3) is 5.91 Å². The molecule has 0 aromatic heterocycles. The van der Waals surface area contributed by atoms with Crippen LogP contribution in [0.15, 0.2) is 60.7 Å². The highest BCUT2D eigenvalue weighted by Crippen LogP contribution is 2.11. The van der Waals surface area contributed by atoms with Gasteiger partial charge in [-0.3, -0.25) is 4.79 Å². The molecule has 2 amide bonds. The fourth-order valence-corrected chi connectivity index (χ4v) is 2.97. The number of hydrogen-bond donors (Lipinski definition) is 2. The van der Waals surface area contributed by atoms with E-state index in [1.54, 1.807) is 0 Å². The molecule has 0 heterocycles. The molecule has 30 heavy (non-hydrogen) atoms. The van der Waals surface area contributed by atoms with E-state index in [0.717, 1.165) is 11.1 Å². The van der Waals surface area contributed by atoms with E-state index in [4.69, 9.17) is 4.74 Å². The fourth-order valence-electron chi connectivity index (χ4n) is 2.97. The number of hydrogen-bond acceptors (Lipinski definition) is 4. The average molecular weight is 408 g/mol. The first-order chi connectivity index (χ1) is 14.5. The van der Waals surface area contributed by atoms with E-state index in [9.17, 15) is 14.9 Å². The molecule has 0 unspecified atom stereocenters. The number of nitrogens with one attached hydrogen (secondary N) is 2. The molecule has 0 radical (unpaired) electrons. The Morgan fingerprint density at radius 3 is 2.17 bits per heavy atom. The summed E-state index contributed by atoms with van der Waals surface area (Å²) in [7, 11) is 0. The summed E-state index contributed by atoms with van der Waals surface area (Å²) in [5, 5.41) is 14.8. The van der Waals surface area contributed by atoms with Crippen molar-refractivity contribution in [2.75, 3.05) is 0 Å². The smallest absolute Gasteiger partial charge is 0.408 e. The van der Waals surface area contributed by atoms with Crippen molar-refractivity contribution in [3.05, 3.63) is 71.8 Å². The minimum atomic E-state index is -0.951. The molecular formula is C24H29N3O3. The molecule has 0 saturated carbocycles. The zero-order valence-corrected chi connectivity index (χ0v) is 17.5. The van der Waals surface area contributed by atoms with Gasteiger partial charge in [-0.1, -0.05) is 74.5 Å². The number of carbonyl (C=O) groups excluding carboxylic acids is 2. The van der Waals surface area contributed by atoms with Crippen LogP contribution in [0.1, 0.15) is 37.8 Å². The number of alkyl carbamates (subject to hydrolysis) is 1. The first-order valence-corrected chi connectivity index (χ1v) is 10.2. The van der Waals surface area contributed by atoms with E-state index < -0.39 is 24.1 Å². The molecule has 2 aromatic carbocycles. The van der Waals surface area contributed by atoms with Crippen LogP contribution in [0.2, 0.25) is 0 Å². The Morgan fingerprint density at radius 2 is 1.60 bits per heavy atom. The van der Waals surface area contributed by atoms with Crippen molar-refractivity contribution in [1.29, 1.82) is 5.26 Å². The van der Waals surface area contributed by atoms with Crippen LogP contribution in [0.25, 0.3) is 0 Å². The molecule has 0 saturated heterocycles. The number of ether oxygens (including phenoxy) is 1. The van der Waals surface area contributed by atoms with E-state index in [1.165, 1.54) is 0 Å². The van der Waals surface area contributed by atoms with Crippen LogP contribution in [0.5, 0.6) is 0 Å². The summed E-state index contributed by atoms with van der Waals surface area (Å²) in [6.45, 7) is 4.21. The Kier molecular flexibility index (Phi) is 9.39. The van der Waals surface area contributed by atoms with Gasteiger partial charge in [0.05, 0.1) is 6.07 Å². The molecule has 0 fully saturated rings. The number of aryl methyl sites for hydroxylation is 1. The van der Waals surface area contributed by atoms with Crippen LogP contribution < -0.4 is 10.6 Å². The number of nitrogens with zero attached hydrogens (tertiary/aromatic N) is 1. The van der Waals surface area contributed by atoms with Gasteiger partial charge in [-0.15, -0.1) is 0 Å². The summed E-state index contributed by atoms with van der Waals surface area (Å²) in [4.78, 5) is 24.9. The van der Waals surface area contributed by atoms with E-state index in [-0.39, 0.29) is 5.92 Å². The first-order valence-electron chi connectivity index (χ1n) is 10.2. The van der Waals surface area contributed by atoms with Crippen LogP contribution >= 0.6 is 0 Å². The summed E-state index contributed by atoms with van der Waals surface area (Å²) in [6.07, 6.45) is -0.0691. The maximum Gasteiger partial charge on any atom is 0.408 e. The van der Waals surface area contributed by atoms with Crippen molar-refractivity contribution >= 4 is 12.0 Å². The zero-order valence-electron chi connectivity index (χ0n) is 17.5. The summed E-state index contributed by atoms with van der Waals surface area (Å²) in [5.74, 6) is -0.300. The van der Waals surface area contributed by atoms with E-state index in [2.05, 4.69) is 16.7 Å². The number of rotatable bonds is 10. The first kappa shape index (κ1) is 23.0. The van der Waals surface area contributed by atoms with Crippen molar-refractivity contribution in [2.45, 2.75) is 51.8 Å². The predicted molar refractivity (Wildman–Crippen MR) is 115 cm³/mol. The van der Waals surface area contributed by atoms with Gasteiger partial charge in [0.15, 0.2) is 6.10 Å². The lowest BCUT2D eigenvalue weighted by atomic mass is 10.0. The minimum Gasteiger partial charge on any atom is -0.436 e. The monoisotopic (exact) mass is 407 g/mol. The van der Waals surface area contributed by atoms with Crippen molar-refractivity contribution in [3.8, 4) is 6.07 Å². The third kappa shape index (κ3) is 8.36. The van der Waals surface area contributed by atoms with E-state index in [1.807, 2.05) is 74.5 Å². The maximum absolute atomic E-state index is 12.7. The summed E-state index contributed by atoms with van der Waals surface area (Å²) in [5.41, 5.74) is 2.03. The fraction of sp³-hybridized carbons (Fsp3) is 0.375. The summed E-state index contributed by atoms with van der Waals surface area (Å²) in [6, 6.07) is 20.7. The highest BCUT2D eigenvalue weighted by atomic mass is 16.6. The molecule has 0 aliphatic rings. The normalized spacial score (nSPS) is 12.5. The standard InChI is InChI=1S/C24H29N3O3/c1-18(2)15-22(30-24(29)26-17-20-11-7-4-8-12-20)23(28)27-21(16-25)14-13-19-9-5-3-6-10-19/h3-12,18,21-22H,13-15,17H2,1-2H3,(H,26,29)(H,27,28)/t21-,22-/m0/s1. The van der Waals surface area contributed by atoms with Gasteiger partial charge in [-0.05, 0) is 36.3 Å². The average Bonchev–Trinajstić information content (AvgIpc) is 2.75. The molecule has 0 aliphatic carbocycles. The molecule has 2 N–H and O–H groups in total. The molecule has 6 heteroatoms. The Morgan fingerprint density at radius 1 is 1.00 bits per heavy atom. The van der Waals surface area contributed by atoms with Gasteiger partial charge >= 0.3 is 6.09 Å². The SMILES string of the molecule is CC(C)C[C@H](OC(=O)NCc1ccccc1)C(=O)N[C@H](C#N)CCc1ccccc1. The van der Waals surface area contributed by atoms with Gasteiger partial charge in [-0.2, -0.15) is 5.26 Å². The lowest BCUT2D eigenvalue weighted by Gasteiger charge is -2.21. The van der Waals surface area contributed by atoms with Crippen LogP contribution in [-0.2, 0) is 22.5 Å². The maximum atomic E-state index is 12.7. The topological polar surface area (TPSA) is 91.2 Å². The second kappa shape index (κ2) is 12.3. The Bertz CT molecular complexity index is 832. The Balaban J connectivity index is 1.89. The van der Waals surface area contributed by atoms with Crippen LogP contribution in [-0.4, -0.2) is 24.1 Å². The van der Waals surface area contributed by atoms with Crippen molar-refractivity contribution in [1.82, 2.24) is 10.6 Å². The second-order valence-corrected chi connectivity index (χ2v) is 7.58. The number of nitriles is 1. The van der Waals surface area contributed by atoms with Gasteiger partial charge in [-0.25, -0.2) is 4.79 Å². The molecule has 158 valence electrons. The van der Waals surface area contributed by atoms with Gasteiger partial charge < -0.3 is 15.4 Å². The third-order valence-corrected chi connectivity index (χ3v) is 4.54. The number of carbonyl (C=O) groups is 2. The van der Waals surface area contributed by atoms with Crippen molar-refractivity contribution in [3.63, 3.8) is 0 Å². The Labute approximate surface area is 178 Å². The Hall–Kier alpha value is -3.33. The predicted octanol–water partition coefficient (Wildman–Crippen LogP) is 3.97. The molecule has 2 atom stereocenters. The zero-order chi connectivity index (χ0) is 21.8. The molecule has 0 spiro atoms. The summed E-state index contributed by atoms with van der Waals surface area (Å²) < 4.78 is 5.38. The third-order valence-electron chi connectivity index (χ3n) is 4.54. The number of amides is 2. The van der Waals surface area contributed by atoms with Crippen molar-refractivity contribution in [2.24, 2.45) is 5.92 Å². The van der Waals surface area contributed by atoms with E-state index >= 15 is 0 Å². The lowest BCUT2D eigenvalue weighted by molar-refractivity contribution is -0.130. The van der Waals surface area contributed by atoms with Crippen LogP contribution in [0.4, 0.5) is 4.79 Å². The minimum absolute atomic E-state index is 0.146. The summed E-state index contributed by atoms with van der Waals surface area (Å²) >= 11 is 0. The number of benzene rings is 2. The van der Waals surface area contributed by atoms with E-state index in [0.29, 0.717) is 25.8 Å². The highest BCUT2D eigenvalue weighted by molar-refractivity contribution is 5.83. The highest BCUT2D eigenvalue weighted by Gasteiger charge is 2.26. The molecule has 2 aromatic rings. The molecule has 6 nitrogen and oxygen atoms in total. The van der Waals surface area contributed by atoms with Crippen LogP contribution in [0.3, 0.4) is 0 Å². The second-order valence-electron chi connectivity index (χ2n) is 7.58. The quantitative estimate of drug-likeness (QED) is 0.623. The molecule has 0 aliphatic heterocycles. The van der Waals surface area contributed by atoms with Gasteiger partial charge in [0.1, 0.15) is 6.04 Å². The molecule has 2 rings (SSSR count). The lowest BCUT2D eigenvalue weighted by Crippen LogP contribution is -2.44. The van der Waals surface area contributed by atoms with Crippen molar-refractivity contribution < 1.29 is 14.3 Å². The van der Waals surface area contributed by atoms with Crippen LogP contribution in [0, 0.1) is 17.2 Å². The van der Waals surface area contributed by atoms with Gasteiger partial charge in [0, 0.05) is 6.54 Å². The molecule has 0 bridgehead atoms.